The van der Waals surface area contributed by atoms with Gasteiger partial charge in [-0.25, -0.2) is 4.98 Å². The topological polar surface area (TPSA) is 63.6 Å². The van der Waals surface area contributed by atoms with E-state index in [1.807, 2.05) is 13.2 Å². The first-order valence-corrected chi connectivity index (χ1v) is 6.35. The Hall–Kier alpha value is -1.91. The Bertz CT molecular complexity index is 626. The van der Waals surface area contributed by atoms with Crippen molar-refractivity contribution in [2.24, 2.45) is 7.05 Å². The maximum atomic E-state index is 12.1. The largest absolute Gasteiger partial charge is 0.306 e. The molecule has 1 N–H and O–H groups in total. The van der Waals surface area contributed by atoms with Crippen molar-refractivity contribution >= 4 is 0 Å². The molecule has 0 spiro atoms. The lowest BCUT2D eigenvalue weighted by Gasteiger charge is -2.05. The number of aromatic nitrogens is 4. The van der Waals surface area contributed by atoms with E-state index in [0.29, 0.717) is 5.82 Å². The molecular weight excluding hydrogens is 228 g/mol. The van der Waals surface area contributed by atoms with Crippen LogP contribution in [0.25, 0.3) is 11.4 Å². The molecule has 0 amide bonds. The first-order valence-electron chi connectivity index (χ1n) is 6.35. The Labute approximate surface area is 105 Å². The van der Waals surface area contributed by atoms with Gasteiger partial charge in [0.05, 0.1) is 17.5 Å². The fourth-order valence-corrected chi connectivity index (χ4v) is 2.46. The van der Waals surface area contributed by atoms with E-state index in [-0.39, 0.29) is 5.56 Å². The molecule has 5 heteroatoms. The molecule has 0 radical (unpaired) electrons. The number of nitrogens with zero attached hydrogens (tertiary/aromatic N) is 3. The highest BCUT2D eigenvalue weighted by Crippen LogP contribution is 2.19. The van der Waals surface area contributed by atoms with E-state index in [0.717, 1.165) is 42.5 Å². The summed E-state index contributed by atoms with van der Waals surface area (Å²) in [5.41, 5.74) is 2.72. The van der Waals surface area contributed by atoms with Crippen LogP contribution in [-0.2, 0) is 19.9 Å². The van der Waals surface area contributed by atoms with Crippen LogP contribution in [0.1, 0.15) is 30.5 Å². The highest BCUT2D eigenvalue weighted by atomic mass is 16.1. The fourth-order valence-electron chi connectivity index (χ4n) is 2.46. The van der Waals surface area contributed by atoms with Crippen LogP contribution in [0.3, 0.4) is 0 Å². The van der Waals surface area contributed by atoms with Crippen LogP contribution in [0.15, 0.2) is 17.2 Å². The Kier molecular flexibility index (Phi) is 2.74. The summed E-state index contributed by atoms with van der Waals surface area (Å²) in [6, 6.07) is 0. The average Bonchev–Trinajstić information content (AvgIpc) is 2.63. The van der Waals surface area contributed by atoms with E-state index in [2.05, 4.69) is 15.1 Å². The minimum Gasteiger partial charge on any atom is -0.306 e. The summed E-state index contributed by atoms with van der Waals surface area (Å²) in [4.78, 5) is 19.6. The second-order valence-corrected chi connectivity index (χ2v) is 4.80. The second kappa shape index (κ2) is 4.40. The molecule has 0 bridgehead atoms. The van der Waals surface area contributed by atoms with Gasteiger partial charge in [0.2, 0.25) is 0 Å². The monoisotopic (exact) mass is 244 g/mol. The van der Waals surface area contributed by atoms with Gasteiger partial charge >= 0.3 is 0 Å². The smallest absolute Gasteiger partial charge is 0.254 e. The van der Waals surface area contributed by atoms with Crippen molar-refractivity contribution in [3.63, 3.8) is 0 Å². The van der Waals surface area contributed by atoms with Crippen LogP contribution >= 0.6 is 0 Å². The van der Waals surface area contributed by atoms with Gasteiger partial charge in [-0.15, -0.1) is 0 Å². The number of aromatic amines is 1. The van der Waals surface area contributed by atoms with Crippen LogP contribution in [0.2, 0.25) is 0 Å². The molecule has 2 aromatic heterocycles. The van der Waals surface area contributed by atoms with E-state index >= 15 is 0 Å². The van der Waals surface area contributed by atoms with Crippen LogP contribution < -0.4 is 5.56 Å². The van der Waals surface area contributed by atoms with Crippen LogP contribution in [0.5, 0.6) is 0 Å². The molecule has 94 valence electrons. The van der Waals surface area contributed by atoms with Gasteiger partial charge in [-0.3, -0.25) is 9.48 Å². The molecule has 0 unspecified atom stereocenters. The van der Waals surface area contributed by atoms with E-state index in [4.69, 9.17) is 0 Å². The third kappa shape index (κ3) is 1.96. The van der Waals surface area contributed by atoms with Gasteiger partial charge in [0.15, 0.2) is 0 Å². The molecule has 0 saturated carbocycles. The Morgan fingerprint density at radius 1 is 1.28 bits per heavy atom. The van der Waals surface area contributed by atoms with E-state index < -0.39 is 0 Å². The number of H-pyrrole nitrogens is 1. The molecule has 0 fully saturated rings. The summed E-state index contributed by atoms with van der Waals surface area (Å²) in [5, 5.41) is 4.11. The van der Waals surface area contributed by atoms with Gasteiger partial charge in [-0.2, -0.15) is 5.10 Å². The van der Waals surface area contributed by atoms with Gasteiger partial charge in [-0.05, 0) is 25.7 Å². The summed E-state index contributed by atoms with van der Waals surface area (Å²) in [5.74, 6) is 0.633. The SMILES string of the molecule is Cn1cc(-c2nc3c(c(=O)[nH]2)CCCCC3)cn1. The highest BCUT2D eigenvalue weighted by Gasteiger charge is 2.15. The van der Waals surface area contributed by atoms with Gasteiger partial charge in [-0.1, -0.05) is 6.42 Å². The van der Waals surface area contributed by atoms with Crippen molar-refractivity contribution < 1.29 is 0 Å². The molecule has 0 aliphatic heterocycles. The minimum absolute atomic E-state index is 0.0146. The zero-order valence-corrected chi connectivity index (χ0v) is 10.4. The summed E-state index contributed by atoms with van der Waals surface area (Å²) in [7, 11) is 1.85. The zero-order chi connectivity index (χ0) is 12.5. The van der Waals surface area contributed by atoms with Gasteiger partial charge < -0.3 is 4.98 Å². The molecule has 0 atom stereocenters. The van der Waals surface area contributed by atoms with E-state index in [1.54, 1.807) is 10.9 Å². The number of nitrogens with one attached hydrogen (secondary N) is 1. The fraction of sp³-hybridized carbons (Fsp3) is 0.462. The quantitative estimate of drug-likeness (QED) is 0.772. The normalized spacial score (nSPS) is 15.2. The van der Waals surface area contributed by atoms with Gasteiger partial charge in [0.25, 0.3) is 5.56 Å². The maximum Gasteiger partial charge on any atom is 0.254 e. The molecule has 5 nitrogen and oxygen atoms in total. The Balaban J connectivity index is 2.10. The lowest BCUT2D eigenvalue weighted by atomic mass is 10.1. The van der Waals surface area contributed by atoms with Crippen molar-refractivity contribution in [1.82, 2.24) is 19.7 Å². The standard InChI is InChI=1S/C13H16N4O/c1-17-8-9(7-14-17)12-15-11-6-4-2-3-5-10(11)13(18)16-12/h7-8H,2-6H2,1H3,(H,15,16,18). The number of hydrogen-bond acceptors (Lipinski definition) is 3. The number of aryl methyl sites for hydroxylation is 2. The van der Waals surface area contributed by atoms with Gasteiger partial charge in [0.1, 0.15) is 5.82 Å². The Morgan fingerprint density at radius 3 is 2.89 bits per heavy atom. The maximum absolute atomic E-state index is 12.1. The number of hydrogen-bond donors (Lipinski definition) is 1. The molecule has 3 rings (SSSR count). The Morgan fingerprint density at radius 2 is 2.11 bits per heavy atom. The number of fused-ring (bicyclic) bond motifs is 1. The number of rotatable bonds is 1. The molecule has 1 aliphatic rings. The molecule has 2 heterocycles. The van der Waals surface area contributed by atoms with Crippen molar-refractivity contribution in [3.05, 3.63) is 34.0 Å². The third-order valence-corrected chi connectivity index (χ3v) is 3.42. The molecule has 2 aromatic rings. The predicted octanol–water partition coefficient (Wildman–Crippen LogP) is 1.44. The van der Waals surface area contributed by atoms with E-state index in [1.165, 1.54) is 6.42 Å². The zero-order valence-electron chi connectivity index (χ0n) is 10.4. The van der Waals surface area contributed by atoms with Crippen LogP contribution in [0, 0.1) is 0 Å². The summed E-state index contributed by atoms with van der Waals surface area (Å²) in [6.07, 6.45) is 8.73. The summed E-state index contributed by atoms with van der Waals surface area (Å²) < 4.78 is 1.71. The second-order valence-electron chi connectivity index (χ2n) is 4.80. The first-order chi connectivity index (χ1) is 8.74. The van der Waals surface area contributed by atoms with Crippen molar-refractivity contribution in [3.8, 4) is 11.4 Å². The lowest BCUT2D eigenvalue weighted by molar-refractivity contribution is 0.708. The van der Waals surface area contributed by atoms with Crippen molar-refractivity contribution in [2.45, 2.75) is 32.1 Å². The molecular formula is C13H16N4O. The predicted molar refractivity (Wildman–Crippen MR) is 68.3 cm³/mol. The minimum atomic E-state index is 0.0146. The van der Waals surface area contributed by atoms with Crippen LogP contribution in [0.4, 0.5) is 0 Å². The average molecular weight is 244 g/mol. The summed E-state index contributed by atoms with van der Waals surface area (Å²) in [6.45, 7) is 0. The van der Waals surface area contributed by atoms with E-state index in [9.17, 15) is 4.79 Å². The highest BCUT2D eigenvalue weighted by molar-refractivity contribution is 5.52. The van der Waals surface area contributed by atoms with Crippen molar-refractivity contribution in [1.29, 1.82) is 0 Å². The molecule has 0 saturated heterocycles. The molecule has 1 aliphatic carbocycles. The third-order valence-electron chi connectivity index (χ3n) is 3.42. The van der Waals surface area contributed by atoms with Crippen molar-refractivity contribution in [2.75, 3.05) is 0 Å². The molecule has 18 heavy (non-hydrogen) atoms. The summed E-state index contributed by atoms with van der Waals surface area (Å²) >= 11 is 0. The lowest BCUT2D eigenvalue weighted by Crippen LogP contribution is -2.18. The van der Waals surface area contributed by atoms with Gasteiger partial charge in [0, 0.05) is 18.8 Å². The first kappa shape index (κ1) is 11.2. The van der Waals surface area contributed by atoms with Crippen LogP contribution in [-0.4, -0.2) is 19.7 Å². The molecule has 0 aromatic carbocycles.